The summed E-state index contributed by atoms with van der Waals surface area (Å²) in [7, 11) is 0. The number of benzene rings is 1. The fraction of sp³-hybridized carbons (Fsp3) is 0.200. The number of hydrogen-bond donors (Lipinski definition) is 1. The van der Waals surface area contributed by atoms with Gasteiger partial charge in [0, 0.05) is 11.9 Å². The second-order valence-electron chi connectivity index (χ2n) is 4.30. The van der Waals surface area contributed by atoms with Gasteiger partial charge in [-0.2, -0.15) is 11.8 Å². The van der Waals surface area contributed by atoms with Crippen LogP contribution in [0.1, 0.15) is 0 Å². The maximum absolute atomic E-state index is 5.83. The number of para-hydroxylation sites is 1. The van der Waals surface area contributed by atoms with Crippen molar-refractivity contribution in [2.45, 2.75) is 0 Å². The van der Waals surface area contributed by atoms with Crippen LogP contribution in [0.5, 0.6) is 5.75 Å². The summed E-state index contributed by atoms with van der Waals surface area (Å²) in [6.07, 6.45) is 3.81. The molecule has 0 amide bonds. The average Bonchev–Trinajstić information content (AvgIpc) is 2.92. The summed E-state index contributed by atoms with van der Waals surface area (Å²) >= 11 is 1.77. The monoisotopic (exact) mass is 285 g/mol. The maximum Gasteiger partial charge on any atom is 0.178 e. The number of imidazole rings is 1. The van der Waals surface area contributed by atoms with Crippen LogP contribution in [-0.2, 0) is 0 Å². The van der Waals surface area contributed by atoms with E-state index in [9.17, 15) is 0 Å². The van der Waals surface area contributed by atoms with E-state index in [-0.39, 0.29) is 0 Å². The van der Waals surface area contributed by atoms with E-state index >= 15 is 0 Å². The first-order chi connectivity index (χ1) is 9.88. The Kier molecular flexibility index (Phi) is 3.87. The molecule has 1 N–H and O–H groups in total. The molecule has 0 aliphatic heterocycles. The molecule has 0 radical (unpaired) electrons. The normalized spacial score (nSPS) is 10.8. The van der Waals surface area contributed by atoms with Crippen LogP contribution in [0.15, 0.2) is 42.6 Å². The number of aromatic amines is 1. The van der Waals surface area contributed by atoms with Gasteiger partial charge in [-0.1, -0.05) is 12.1 Å². The van der Waals surface area contributed by atoms with Crippen molar-refractivity contribution >= 4 is 22.9 Å². The second kappa shape index (κ2) is 5.96. The van der Waals surface area contributed by atoms with Crippen molar-refractivity contribution in [3.8, 4) is 17.1 Å². The van der Waals surface area contributed by atoms with Gasteiger partial charge in [-0.25, -0.2) is 9.97 Å². The molecule has 4 nitrogen and oxygen atoms in total. The summed E-state index contributed by atoms with van der Waals surface area (Å²) in [6.45, 7) is 0.691. The summed E-state index contributed by atoms with van der Waals surface area (Å²) in [4.78, 5) is 12.0. The number of rotatable bonds is 5. The molecule has 0 aliphatic rings. The van der Waals surface area contributed by atoms with E-state index in [1.165, 1.54) is 0 Å². The Morgan fingerprint density at radius 3 is 2.95 bits per heavy atom. The minimum atomic E-state index is 0.691. The van der Waals surface area contributed by atoms with Crippen LogP contribution >= 0.6 is 11.8 Å². The number of nitrogens with one attached hydrogen (secondary N) is 1. The zero-order valence-corrected chi connectivity index (χ0v) is 12.0. The van der Waals surface area contributed by atoms with Gasteiger partial charge in [-0.05, 0) is 30.5 Å². The predicted octanol–water partition coefficient (Wildman–Crippen LogP) is 3.37. The number of ether oxygens (including phenoxy) is 1. The summed E-state index contributed by atoms with van der Waals surface area (Å²) in [6, 6.07) is 11.8. The van der Waals surface area contributed by atoms with Crippen molar-refractivity contribution in [1.82, 2.24) is 15.0 Å². The highest BCUT2D eigenvalue weighted by Gasteiger charge is 2.10. The Morgan fingerprint density at radius 1 is 1.20 bits per heavy atom. The lowest BCUT2D eigenvalue weighted by Crippen LogP contribution is -2.01. The number of thioether (sulfide) groups is 1. The molecule has 0 aliphatic carbocycles. The third-order valence-corrected chi connectivity index (χ3v) is 3.52. The average molecular weight is 285 g/mol. The van der Waals surface area contributed by atoms with Crippen LogP contribution in [0.25, 0.3) is 22.6 Å². The van der Waals surface area contributed by atoms with Crippen molar-refractivity contribution in [3.63, 3.8) is 0 Å². The van der Waals surface area contributed by atoms with Crippen LogP contribution in [0, 0.1) is 0 Å². The van der Waals surface area contributed by atoms with E-state index in [0.717, 1.165) is 34.1 Å². The molecular weight excluding hydrogens is 270 g/mol. The smallest absolute Gasteiger partial charge is 0.178 e. The molecule has 0 spiro atoms. The van der Waals surface area contributed by atoms with Crippen molar-refractivity contribution in [2.24, 2.45) is 0 Å². The molecule has 0 atom stereocenters. The van der Waals surface area contributed by atoms with Gasteiger partial charge in [0.1, 0.15) is 11.6 Å². The summed E-state index contributed by atoms with van der Waals surface area (Å²) in [5, 5.41) is 0. The molecular formula is C15H15N3OS. The van der Waals surface area contributed by atoms with Crippen molar-refractivity contribution < 1.29 is 4.74 Å². The second-order valence-corrected chi connectivity index (χ2v) is 5.28. The Hall–Kier alpha value is -2.01. The number of pyridine rings is 1. The van der Waals surface area contributed by atoms with E-state index in [2.05, 4.69) is 21.2 Å². The zero-order valence-electron chi connectivity index (χ0n) is 11.2. The van der Waals surface area contributed by atoms with Gasteiger partial charge in [0.05, 0.1) is 17.7 Å². The zero-order chi connectivity index (χ0) is 13.8. The Bertz CT molecular complexity index is 678. The molecule has 20 heavy (non-hydrogen) atoms. The largest absolute Gasteiger partial charge is 0.492 e. The van der Waals surface area contributed by atoms with E-state index in [4.69, 9.17) is 4.74 Å². The topological polar surface area (TPSA) is 50.8 Å². The first kappa shape index (κ1) is 13.0. The highest BCUT2D eigenvalue weighted by Crippen LogP contribution is 2.28. The van der Waals surface area contributed by atoms with Gasteiger partial charge in [0.2, 0.25) is 0 Å². The molecule has 3 rings (SSSR count). The fourth-order valence-electron chi connectivity index (χ4n) is 2.00. The van der Waals surface area contributed by atoms with Crippen molar-refractivity contribution in [3.05, 3.63) is 42.6 Å². The van der Waals surface area contributed by atoms with E-state index in [1.807, 2.05) is 36.4 Å². The highest BCUT2D eigenvalue weighted by molar-refractivity contribution is 7.98. The lowest BCUT2D eigenvalue weighted by atomic mass is 10.2. The molecule has 0 unspecified atom stereocenters. The third kappa shape index (κ3) is 2.63. The van der Waals surface area contributed by atoms with E-state index < -0.39 is 0 Å². The number of fused-ring (bicyclic) bond motifs is 1. The molecule has 0 bridgehead atoms. The van der Waals surface area contributed by atoms with E-state index in [0.29, 0.717) is 6.61 Å². The molecule has 0 fully saturated rings. The van der Waals surface area contributed by atoms with Crippen LogP contribution in [0.2, 0.25) is 0 Å². The van der Waals surface area contributed by atoms with E-state index in [1.54, 1.807) is 18.0 Å². The SMILES string of the molecule is CSCCOc1ccccc1-c1nc2ncccc2[nH]1. The number of aromatic nitrogens is 3. The number of hydrogen-bond acceptors (Lipinski definition) is 4. The van der Waals surface area contributed by atoms with Crippen LogP contribution in [-0.4, -0.2) is 33.6 Å². The molecule has 0 saturated heterocycles. The Labute approximate surface area is 121 Å². The van der Waals surface area contributed by atoms with Crippen molar-refractivity contribution in [1.29, 1.82) is 0 Å². The van der Waals surface area contributed by atoms with Gasteiger partial charge in [0.25, 0.3) is 0 Å². The van der Waals surface area contributed by atoms with Gasteiger partial charge >= 0.3 is 0 Å². The quantitative estimate of drug-likeness (QED) is 0.730. The van der Waals surface area contributed by atoms with Gasteiger partial charge in [-0.15, -0.1) is 0 Å². The van der Waals surface area contributed by atoms with Crippen molar-refractivity contribution in [2.75, 3.05) is 18.6 Å². The Balaban J connectivity index is 1.96. The minimum Gasteiger partial charge on any atom is -0.492 e. The number of H-pyrrole nitrogens is 1. The Morgan fingerprint density at radius 2 is 2.10 bits per heavy atom. The molecule has 2 aromatic heterocycles. The first-order valence-corrected chi connectivity index (χ1v) is 7.80. The van der Waals surface area contributed by atoms with Crippen LogP contribution in [0.3, 0.4) is 0 Å². The molecule has 1 aromatic carbocycles. The third-order valence-electron chi connectivity index (χ3n) is 2.94. The predicted molar refractivity (Wildman–Crippen MR) is 83.2 cm³/mol. The standard InChI is InChI=1S/C15H15N3OS/c1-20-10-9-19-13-7-3-2-5-11(13)14-17-12-6-4-8-16-15(12)18-14/h2-8H,9-10H2,1H3,(H,16,17,18). The first-order valence-electron chi connectivity index (χ1n) is 6.40. The lowest BCUT2D eigenvalue weighted by Gasteiger charge is -2.08. The fourth-order valence-corrected chi connectivity index (χ4v) is 2.25. The molecule has 3 aromatic rings. The highest BCUT2D eigenvalue weighted by atomic mass is 32.2. The summed E-state index contributed by atoms with van der Waals surface area (Å²) < 4.78 is 5.83. The van der Waals surface area contributed by atoms with Gasteiger partial charge in [-0.3, -0.25) is 0 Å². The molecule has 5 heteroatoms. The lowest BCUT2D eigenvalue weighted by molar-refractivity contribution is 0.345. The van der Waals surface area contributed by atoms with Crippen LogP contribution in [0.4, 0.5) is 0 Å². The molecule has 2 heterocycles. The minimum absolute atomic E-state index is 0.691. The van der Waals surface area contributed by atoms with Crippen LogP contribution < -0.4 is 4.74 Å². The molecule has 102 valence electrons. The molecule has 0 saturated carbocycles. The maximum atomic E-state index is 5.83. The van der Waals surface area contributed by atoms with Gasteiger partial charge < -0.3 is 9.72 Å². The van der Waals surface area contributed by atoms with Gasteiger partial charge in [0.15, 0.2) is 5.65 Å². The summed E-state index contributed by atoms with van der Waals surface area (Å²) in [5.41, 5.74) is 2.62. The summed E-state index contributed by atoms with van der Waals surface area (Å²) in [5.74, 6) is 2.61. The number of nitrogens with zero attached hydrogens (tertiary/aromatic N) is 2.